The third-order valence-electron chi connectivity index (χ3n) is 9.25. The van der Waals surface area contributed by atoms with Crippen LogP contribution >= 0.6 is 136 Å². The van der Waals surface area contributed by atoms with Crippen molar-refractivity contribution in [2.24, 2.45) is 5.41 Å². The normalized spacial score (nSPS) is 14.1. The van der Waals surface area contributed by atoms with Crippen molar-refractivity contribution in [1.82, 2.24) is 0 Å². The smallest absolute Gasteiger partial charge is 0.325 e. The predicted molar refractivity (Wildman–Crippen MR) is 261 cm³/mol. The molecule has 0 heterocycles. The van der Waals surface area contributed by atoms with Gasteiger partial charge in [-0.2, -0.15) is 0 Å². The first-order valence-electron chi connectivity index (χ1n) is 17.8. The fourth-order valence-corrected chi connectivity index (χ4v) is 14.1. The number of carbonyl (C=O) groups excluding carboxylic acids is 2. The molecule has 51 heavy (non-hydrogen) atoms. The van der Waals surface area contributed by atoms with E-state index in [0.717, 1.165) is 58.4 Å². The summed E-state index contributed by atoms with van der Waals surface area (Å²) in [6, 6.07) is 3.79. The predicted octanol–water partition coefficient (Wildman–Crippen LogP) is 11.9. The molecule has 2 aromatic carbocycles. The van der Waals surface area contributed by atoms with E-state index in [1.807, 2.05) is 19.1 Å². The first-order valence-corrected chi connectivity index (χ1v) is 24.3. The Hall–Kier alpha value is 1.22. The number of nitrogen functional groups attached to an aromatic ring is 2. The topological polar surface area (TPSA) is 136 Å². The summed E-state index contributed by atoms with van der Waals surface area (Å²) in [5, 5.41) is 21.1. The number of allylic oxidation sites excluding steroid dienone is 2. The molecule has 7 nitrogen and oxygen atoms in total. The van der Waals surface area contributed by atoms with Crippen LogP contribution in [0, 0.1) is 26.8 Å². The number of aliphatic hydroxyl groups excluding tert-OH is 2. The van der Waals surface area contributed by atoms with Crippen LogP contribution in [0.25, 0.3) is 0 Å². The lowest BCUT2D eigenvalue weighted by atomic mass is 9.64. The Morgan fingerprint density at radius 2 is 1.27 bits per heavy atom. The number of anilines is 2. The van der Waals surface area contributed by atoms with Gasteiger partial charge >= 0.3 is 5.97 Å². The number of esters is 1. The van der Waals surface area contributed by atoms with Gasteiger partial charge in [0.15, 0.2) is 11.5 Å². The maximum absolute atomic E-state index is 14.8. The molecule has 0 aromatic heterocycles. The van der Waals surface area contributed by atoms with Crippen molar-refractivity contribution in [3.63, 3.8) is 0 Å². The van der Waals surface area contributed by atoms with Crippen molar-refractivity contribution in [2.75, 3.05) is 18.1 Å². The highest BCUT2D eigenvalue weighted by molar-refractivity contribution is 14.1. The zero-order chi connectivity index (χ0) is 38.1. The molecule has 13 heteroatoms. The SMILES string of the molecule is CCCCCCCC/C=C\CCCCCCCC(=O)C(CC(O)CO)(C(=O)Oc1c(I)cc(I)c(N)c1I)C(CC)c1c(I)cc(I)c(N)c1I. The number of rotatable bonds is 24. The van der Waals surface area contributed by atoms with Crippen molar-refractivity contribution >= 4 is 159 Å². The number of carbonyl (C=O) groups is 2. The van der Waals surface area contributed by atoms with E-state index in [-0.39, 0.29) is 24.4 Å². The molecule has 0 bridgehead atoms. The van der Waals surface area contributed by atoms with E-state index in [0.29, 0.717) is 31.4 Å². The molecular weight excluding hydrogens is 1330 g/mol. The van der Waals surface area contributed by atoms with Crippen LogP contribution in [0.3, 0.4) is 0 Å². The second-order valence-electron chi connectivity index (χ2n) is 13.0. The van der Waals surface area contributed by atoms with Gasteiger partial charge in [-0.1, -0.05) is 77.4 Å². The van der Waals surface area contributed by atoms with Gasteiger partial charge < -0.3 is 26.4 Å². The summed E-state index contributed by atoms with van der Waals surface area (Å²) >= 11 is 13.0. The van der Waals surface area contributed by atoms with Crippen LogP contribution in [0.5, 0.6) is 5.75 Å². The van der Waals surface area contributed by atoms with Gasteiger partial charge in [-0.05, 0) is 198 Å². The average molecular weight is 1380 g/mol. The quantitative estimate of drug-likeness (QED) is 0.0156. The molecule has 2 aromatic rings. The Kier molecular flexibility index (Phi) is 24.2. The highest BCUT2D eigenvalue weighted by Crippen LogP contribution is 2.50. The summed E-state index contributed by atoms with van der Waals surface area (Å²) in [7, 11) is 0. The van der Waals surface area contributed by atoms with Crippen molar-refractivity contribution < 1.29 is 24.5 Å². The van der Waals surface area contributed by atoms with E-state index in [1.165, 1.54) is 38.5 Å². The molecule has 0 aliphatic rings. The Morgan fingerprint density at radius 3 is 1.82 bits per heavy atom. The Balaban J connectivity index is 2.33. The van der Waals surface area contributed by atoms with E-state index in [4.69, 9.17) is 16.2 Å². The molecule has 2 rings (SSSR count). The van der Waals surface area contributed by atoms with E-state index in [9.17, 15) is 19.8 Å². The lowest BCUT2D eigenvalue weighted by Crippen LogP contribution is -2.50. The second-order valence-corrected chi connectivity index (χ2v) is 19.8. The summed E-state index contributed by atoms with van der Waals surface area (Å²) in [6.45, 7) is 3.59. The number of ether oxygens (including phenoxy) is 1. The molecule has 286 valence electrons. The number of aliphatic hydroxyl groups is 2. The van der Waals surface area contributed by atoms with E-state index >= 15 is 0 Å². The molecule has 0 spiro atoms. The number of halogens is 6. The number of ketones is 1. The van der Waals surface area contributed by atoms with Crippen LogP contribution in [-0.4, -0.2) is 34.7 Å². The molecule has 0 aliphatic heterocycles. The monoisotopic (exact) mass is 1380 g/mol. The highest BCUT2D eigenvalue weighted by Gasteiger charge is 2.55. The number of unbranched alkanes of at least 4 members (excludes halogenated alkanes) is 11. The van der Waals surface area contributed by atoms with E-state index < -0.39 is 30.0 Å². The van der Waals surface area contributed by atoms with Crippen LogP contribution in [0.1, 0.15) is 128 Å². The number of hydrogen-bond donors (Lipinski definition) is 4. The highest BCUT2D eigenvalue weighted by atomic mass is 127. The standard InChI is InChI=1S/C38H52I6N2O5/c1-3-5-6-7-8-9-10-11-12-13-14-15-16-17-18-19-30(49)38(22-24(48)23-47,25(4-2)31-26(39)20-27(40)34(45)32(31)43)37(50)51-36-29(42)21-28(41)35(46)33(36)44/h11-12,20-21,24-25,47-48H,3-10,13-19,22-23,45-46H2,1-2H3/b12-11-. The summed E-state index contributed by atoms with van der Waals surface area (Å²) in [4.78, 5) is 29.6. The van der Waals surface area contributed by atoms with Crippen LogP contribution < -0.4 is 16.2 Å². The molecule has 3 unspecified atom stereocenters. The largest absolute Gasteiger partial charge is 0.423 e. The number of Topliss-reactive ketones (excluding diaryl/α,β-unsaturated/α-hetero) is 1. The Labute approximate surface area is 387 Å². The first kappa shape index (κ1) is 48.4. The molecule has 0 saturated carbocycles. The van der Waals surface area contributed by atoms with Crippen molar-refractivity contribution in [3.8, 4) is 5.75 Å². The molecule has 3 atom stereocenters. The maximum atomic E-state index is 14.8. The minimum absolute atomic E-state index is 0.151. The summed E-state index contributed by atoms with van der Waals surface area (Å²) in [5.74, 6) is -1.43. The molecule has 6 N–H and O–H groups in total. The van der Waals surface area contributed by atoms with E-state index in [2.05, 4.69) is 155 Å². The van der Waals surface area contributed by atoms with Crippen LogP contribution in [-0.2, 0) is 9.59 Å². The van der Waals surface area contributed by atoms with Crippen LogP contribution in [0.4, 0.5) is 11.4 Å². The van der Waals surface area contributed by atoms with Gasteiger partial charge in [0.2, 0.25) is 0 Å². The molecule has 0 aliphatic carbocycles. The van der Waals surface area contributed by atoms with Crippen LogP contribution in [0.2, 0.25) is 0 Å². The van der Waals surface area contributed by atoms with Gasteiger partial charge in [0, 0.05) is 26.6 Å². The fraction of sp³-hybridized carbons (Fsp3) is 0.579. The van der Waals surface area contributed by atoms with Crippen molar-refractivity contribution in [3.05, 3.63) is 51.3 Å². The van der Waals surface area contributed by atoms with Crippen molar-refractivity contribution in [2.45, 2.75) is 129 Å². The van der Waals surface area contributed by atoms with Gasteiger partial charge in [-0.3, -0.25) is 9.59 Å². The number of benzene rings is 2. The minimum Gasteiger partial charge on any atom is -0.423 e. The van der Waals surface area contributed by atoms with E-state index in [1.54, 1.807) is 0 Å². The first-order chi connectivity index (χ1) is 24.3. The lowest BCUT2D eigenvalue weighted by molar-refractivity contribution is -0.158. The van der Waals surface area contributed by atoms with Gasteiger partial charge in [0.1, 0.15) is 5.41 Å². The number of nitrogens with two attached hydrogens (primary N) is 2. The Bertz CT molecular complexity index is 1470. The third kappa shape index (κ3) is 14.3. The minimum atomic E-state index is -1.79. The number of hydrogen-bond acceptors (Lipinski definition) is 7. The molecule has 0 fully saturated rings. The third-order valence-corrected chi connectivity index (χ3v) is 15.0. The molecular formula is C38H52I6N2O5. The van der Waals surface area contributed by atoms with Gasteiger partial charge in [-0.15, -0.1) is 0 Å². The van der Waals surface area contributed by atoms with Crippen molar-refractivity contribution in [1.29, 1.82) is 0 Å². The summed E-state index contributed by atoms with van der Waals surface area (Å²) in [5.41, 5.74) is 12.9. The second kappa shape index (κ2) is 25.5. The van der Waals surface area contributed by atoms with Crippen LogP contribution in [0.15, 0.2) is 24.3 Å². The fourth-order valence-electron chi connectivity index (χ4n) is 6.41. The Morgan fingerprint density at radius 1 is 0.765 bits per heavy atom. The zero-order valence-corrected chi connectivity index (χ0v) is 42.5. The maximum Gasteiger partial charge on any atom is 0.325 e. The molecule has 0 radical (unpaired) electrons. The summed E-state index contributed by atoms with van der Waals surface area (Å²) in [6.07, 6.45) is 18.3. The van der Waals surface area contributed by atoms with Gasteiger partial charge in [-0.25, -0.2) is 0 Å². The van der Waals surface area contributed by atoms with Gasteiger partial charge in [0.25, 0.3) is 0 Å². The zero-order valence-electron chi connectivity index (χ0n) is 29.5. The summed E-state index contributed by atoms with van der Waals surface area (Å²) < 4.78 is 10.8. The molecule has 0 amide bonds. The molecule has 0 saturated heterocycles. The van der Waals surface area contributed by atoms with Gasteiger partial charge in [0.05, 0.1) is 31.2 Å². The lowest BCUT2D eigenvalue weighted by Gasteiger charge is -2.39. The average Bonchev–Trinajstić information content (AvgIpc) is 3.10.